The monoisotopic (exact) mass is 340 g/mol. The third kappa shape index (κ3) is 2.90. The average molecular weight is 340 g/mol. The number of anilines is 1. The van der Waals surface area contributed by atoms with E-state index in [1.165, 1.54) is 25.3 Å². The summed E-state index contributed by atoms with van der Waals surface area (Å²) in [6.45, 7) is 1.21. The first-order valence-electron chi connectivity index (χ1n) is 7.21. The minimum atomic E-state index is -3.89. The van der Waals surface area contributed by atoms with E-state index in [1.54, 1.807) is 6.07 Å². The molecule has 1 aliphatic rings. The maximum Gasteiger partial charge on any atom is 0.444 e. The second-order valence-electron chi connectivity index (χ2n) is 5.55. The zero-order valence-corrected chi connectivity index (χ0v) is 12.7. The number of benzene rings is 1. The van der Waals surface area contributed by atoms with Gasteiger partial charge in [-0.3, -0.25) is 4.98 Å². The van der Waals surface area contributed by atoms with Crippen molar-refractivity contribution in [1.29, 1.82) is 0 Å². The number of halogens is 3. The minimum absolute atomic E-state index is 0.168. The number of aromatic nitrogens is 1. The molecule has 0 saturated heterocycles. The Morgan fingerprint density at radius 2 is 2.12 bits per heavy atom. The number of hydrogen-bond acceptors (Lipinski definition) is 5. The molecule has 2 heterocycles. The molecular formula is C16H15F3N2O3. The normalized spacial score (nSPS) is 20.2. The molecule has 1 aromatic heterocycles. The van der Waals surface area contributed by atoms with Crippen molar-refractivity contribution in [1.82, 2.24) is 4.98 Å². The van der Waals surface area contributed by atoms with Crippen LogP contribution in [0.2, 0.25) is 0 Å². The number of ether oxygens (including phenoxy) is 1. The summed E-state index contributed by atoms with van der Waals surface area (Å²) in [7, 11) is 0. The third-order valence-electron chi connectivity index (χ3n) is 3.73. The number of pyridine rings is 1. The molecule has 0 amide bonds. The zero-order valence-electron chi connectivity index (χ0n) is 12.7. The molecule has 1 aromatic carbocycles. The van der Waals surface area contributed by atoms with Crippen LogP contribution in [0.1, 0.15) is 24.2 Å². The van der Waals surface area contributed by atoms with E-state index in [1.807, 2.05) is 0 Å². The molecule has 0 spiro atoms. The van der Waals surface area contributed by atoms with E-state index in [4.69, 9.17) is 0 Å². The lowest BCUT2D eigenvalue weighted by Crippen LogP contribution is -2.54. The van der Waals surface area contributed by atoms with E-state index in [9.17, 15) is 23.4 Å². The molecule has 2 atom stereocenters. The van der Waals surface area contributed by atoms with Crippen molar-refractivity contribution in [3.63, 3.8) is 0 Å². The predicted molar refractivity (Wildman–Crippen MR) is 79.0 cm³/mol. The van der Waals surface area contributed by atoms with E-state index in [0.29, 0.717) is 5.56 Å². The molecule has 0 bridgehead atoms. The van der Waals surface area contributed by atoms with Crippen LogP contribution in [-0.2, 0) is 6.54 Å². The Bertz CT molecular complexity index is 755. The van der Waals surface area contributed by atoms with E-state index in [2.05, 4.69) is 9.72 Å². The highest BCUT2D eigenvalue weighted by Gasteiger charge is 2.50. The number of alkyl halides is 2. The zero-order chi connectivity index (χ0) is 17.5. The Hall–Kier alpha value is -2.32. The maximum absolute atomic E-state index is 14.1. The van der Waals surface area contributed by atoms with Gasteiger partial charge in [-0.2, -0.15) is 8.78 Å². The van der Waals surface area contributed by atoms with E-state index < -0.39 is 24.3 Å². The molecule has 1 aliphatic heterocycles. The minimum Gasteiger partial charge on any atom is -0.427 e. The van der Waals surface area contributed by atoms with Crippen molar-refractivity contribution in [3.05, 3.63) is 53.6 Å². The topological polar surface area (TPSA) is 65.8 Å². The summed E-state index contributed by atoms with van der Waals surface area (Å²) < 4.78 is 46.1. The Labute approximate surface area is 135 Å². The van der Waals surface area contributed by atoms with Crippen molar-refractivity contribution < 1.29 is 28.1 Å². The van der Waals surface area contributed by atoms with Crippen molar-refractivity contribution in [2.45, 2.75) is 31.9 Å². The molecule has 3 rings (SSSR count). The highest BCUT2D eigenvalue weighted by atomic mass is 19.3. The third-order valence-corrected chi connectivity index (χ3v) is 3.73. The van der Waals surface area contributed by atoms with Gasteiger partial charge in [-0.05, 0) is 24.6 Å². The number of nitrogens with zero attached hydrogens (tertiary/aromatic N) is 2. The first-order valence-corrected chi connectivity index (χ1v) is 7.21. The molecule has 0 aliphatic carbocycles. The number of aliphatic hydroxyl groups excluding tert-OH is 2. The van der Waals surface area contributed by atoms with Crippen LogP contribution in [0, 0.1) is 5.82 Å². The standard InChI is InChI=1S/C16H15F3N2O3/c1-9(22)12-3-2-4-13-14(12)24-16(18,19)15(23)21(13)8-10-5-11(17)7-20-6-10/h2-7,9,15,22-23H,8H2,1H3/t9-,15?/m1/s1. The summed E-state index contributed by atoms with van der Waals surface area (Å²) in [6.07, 6.45) is -4.88. The quantitative estimate of drug-likeness (QED) is 0.899. The summed E-state index contributed by atoms with van der Waals surface area (Å²) in [4.78, 5) is 4.66. The maximum atomic E-state index is 14.1. The smallest absolute Gasteiger partial charge is 0.427 e. The van der Waals surface area contributed by atoms with Crippen LogP contribution >= 0.6 is 0 Å². The van der Waals surface area contributed by atoms with Crippen LogP contribution in [-0.4, -0.2) is 27.5 Å². The Morgan fingerprint density at radius 3 is 2.79 bits per heavy atom. The fourth-order valence-corrected chi connectivity index (χ4v) is 2.62. The molecule has 2 aromatic rings. The van der Waals surface area contributed by atoms with Crippen LogP contribution < -0.4 is 9.64 Å². The van der Waals surface area contributed by atoms with E-state index in [0.717, 1.165) is 17.2 Å². The predicted octanol–water partition coefficient (Wildman–Crippen LogP) is 2.58. The van der Waals surface area contributed by atoms with E-state index >= 15 is 0 Å². The fourth-order valence-electron chi connectivity index (χ4n) is 2.62. The largest absolute Gasteiger partial charge is 0.444 e. The van der Waals surface area contributed by atoms with Crippen molar-refractivity contribution in [2.24, 2.45) is 0 Å². The fraction of sp³-hybridized carbons (Fsp3) is 0.312. The van der Waals surface area contributed by atoms with Gasteiger partial charge >= 0.3 is 6.11 Å². The lowest BCUT2D eigenvalue weighted by Gasteiger charge is -2.40. The molecule has 8 heteroatoms. The van der Waals surface area contributed by atoms with Crippen LogP contribution in [0.25, 0.3) is 0 Å². The van der Waals surface area contributed by atoms with Crippen LogP contribution in [0.4, 0.5) is 18.9 Å². The molecular weight excluding hydrogens is 325 g/mol. The molecule has 24 heavy (non-hydrogen) atoms. The molecule has 5 nitrogen and oxygen atoms in total. The van der Waals surface area contributed by atoms with E-state index in [-0.39, 0.29) is 23.5 Å². The number of fused-ring (bicyclic) bond motifs is 1. The number of rotatable bonds is 3. The van der Waals surface area contributed by atoms with Gasteiger partial charge in [0.05, 0.1) is 18.0 Å². The highest BCUT2D eigenvalue weighted by molar-refractivity contribution is 5.64. The van der Waals surface area contributed by atoms with Crippen LogP contribution in [0.15, 0.2) is 36.7 Å². The lowest BCUT2D eigenvalue weighted by molar-refractivity contribution is -0.246. The molecule has 0 fully saturated rings. The summed E-state index contributed by atoms with van der Waals surface area (Å²) in [5.41, 5.74) is 0.651. The summed E-state index contributed by atoms with van der Waals surface area (Å²) in [6, 6.07) is 5.63. The van der Waals surface area contributed by atoms with Gasteiger partial charge < -0.3 is 19.8 Å². The highest BCUT2D eigenvalue weighted by Crippen LogP contribution is 2.45. The first kappa shape index (κ1) is 16.5. The Kier molecular flexibility index (Phi) is 4.10. The van der Waals surface area contributed by atoms with Gasteiger partial charge in [-0.1, -0.05) is 12.1 Å². The van der Waals surface area contributed by atoms with Crippen LogP contribution in [0.5, 0.6) is 5.75 Å². The van der Waals surface area contributed by atoms with Gasteiger partial charge in [-0.15, -0.1) is 0 Å². The molecule has 128 valence electrons. The number of aliphatic hydroxyl groups is 2. The molecule has 2 N–H and O–H groups in total. The number of para-hydroxylation sites is 1. The summed E-state index contributed by atoms with van der Waals surface area (Å²) >= 11 is 0. The average Bonchev–Trinajstić information content (AvgIpc) is 2.51. The number of hydrogen-bond donors (Lipinski definition) is 2. The van der Waals surface area contributed by atoms with Gasteiger partial charge in [0.15, 0.2) is 5.75 Å². The lowest BCUT2D eigenvalue weighted by atomic mass is 10.1. The first-order chi connectivity index (χ1) is 11.3. The van der Waals surface area contributed by atoms with Gasteiger partial charge in [0.25, 0.3) is 0 Å². The van der Waals surface area contributed by atoms with Crippen LogP contribution in [0.3, 0.4) is 0 Å². The summed E-state index contributed by atoms with van der Waals surface area (Å²) in [5, 5.41) is 19.7. The van der Waals surface area contributed by atoms with Gasteiger partial charge in [-0.25, -0.2) is 4.39 Å². The van der Waals surface area contributed by atoms with Gasteiger partial charge in [0.2, 0.25) is 6.23 Å². The second kappa shape index (κ2) is 5.95. The van der Waals surface area contributed by atoms with Gasteiger partial charge in [0, 0.05) is 18.3 Å². The van der Waals surface area contributed by atoms with Crippen molar-refractivity contribution in [2.75, 3.05) is 4.90 Å². The van der Waals surface area contributed by atoms with Gasteiger partial charge in [0.1, 0.15) is 5.82 Å². The molecule has 0 radical (unpaired) electrons. The van der Waals surface area contributed by atoms with Crippen molar-refractivity contribution in [3.8, 4) is 5.75 Å². The molecule has 0 saturated carbocycles. The SMILES string of the molecule is C[C@@H](O)c1cccc2c1OC(F)(F)C(O)N2Cc1cncc(F)c1. The second-order valence-corrected chi connectivity index (χ2v) is 5.55. The summed E-state index contributed by atoms with van der Waals surface area (Å²) in [5.74, 6) is -0.827. The Morgan fingerprint density at radius 1 is 1.38 bits per heavy atom. The van der Waals surface area contributed by atoms with Crippen molar-refractivity contribution >= 4 is 5.69 Å². The molecule has 1 unspecified atom stereocenters. The Balaban J connectivity index is 2.07.